The first-order valence-electron chi connectivity index (χ1n) is 6.54. The lowest BCUT2D eigenvalue weighted by molar-refractivity contribution is 0.0699. The highest BCUT2D eigenvalue weighted by molar-refractivity contribution is 6.14. The van der Waals surface area contributed by atoms with Gasteiger partial charge in [-0.15, -0.1) is 0 Å². The first kappa shape index (κ1) is 14.1. The molecule has 4 nitrogen and oxygen atoms in total. The fourth-order valence-corrected chi connectivity index (χ4v) is 2.10. The van der Waals surface area contributed by atoms with Gasteiger partial charge in [-0.25, -0.2) is 4.79 Å². The summed E-state index contributed by atoms with van der Waals surface area (Å²) in [5, 5.41) is 13.3. The standard InChI is InChI=1S/C16H17NO3/c1-10(2)9-17-15(18)12-7-3-5-11-6-4-8-13(14(11)12)16(19)20/h3-8,10H,9H2,1-2H3,(H,17,18)(H,19,20). The van der Waals surface area contributed by atoms with Crippen molar-refractivity contribution in [2.75, 3.05) is 6.54 Å². The molecule has 0 unspecified atom stereocenters. The van der Waals surface area contributed by atoms with Crippen LogP contribution in [0.3, 0.4) is 0 Å². The minimum atomic E-state index is -1.03. The highest BCUT2D eigenvalue weighted by Gasteiger charge is 2.16. The molecule has 0 spiro atoms. The van der Waals surface area contributed by atoms with Crippen LogP contribution in [0.4, 0.5) is 0 Å². The Morgan fingerprint density at radius 1 is 1.10 bits per heavy atom. The molecule has 0 saturated heterocycles. The van der Waals surface area contributed by atoms with Crippen molar-refractivity contribution in [3.05, 3.63) is 47.5 Å². The molecule has 0 aliphatic carbocycles. The third-order valence-corrected chi connectivity index (χ3v) is 3.05. The molecule has 0 bridgehead atoms. The Bertz CT molecular complexity index is 657. The molecule has 4 heteroatoms. The van der Waals surface area contributed by atoms with E-state index in [1.807, 2.05) is 13.8 Å². The number of carboxylic acid groups (broad SMARTS) is 1. The summed E-state index contributed by atoms with van der Waals surface area (Å²) in [4.78, 5) is 23.6. The molecule has 2 aromatic rings. The van der Waals surface area contributed by atoms with Crippen molar-refractivity contribution in [3.8, 4) is 0 Å². The average Bonchev–Trinajstić information content (AvgIpc) is 2.43. The maximum absolute atomic E-state index is 12.2. The summed E-state index contributed by atoms with van der Waals surface area (Å²) in [6.45, 7) is 4.57. The Kier molecular flexibility index (Phi) is 4.03. The van der Waals surface area contributed by atoms with E-state index in [9.17, 15) is 14.7 Å². The number of amides is 1. The number of rotatable bonds is 4. The number of carboxylic acids is 1. The zero-order valence-electron chi connectivity index (χ0n) is 11.5. The number of nitrogens with one attached hydrogen (secondary N) is 1. The van der Waals surface area contributed by atoms with Crippen LogP contribution in [0.15, 0.2) is 36.4 Å². The number of hydrogen-bond acceptors (Lipinski definition) is 2. The molecule has 0 aliphatic rings. The molecular formula is C16H17NO3. The van der Waals surface area contributed by atoms with E-state index in [0.717, 1.165) is 5.39 Å². The van der Waals surface area contributed by atoms with Gasteiger partial charge in [0.05, 0.1) is 5.56 Å². The summed E-state index contributed by atoms with van der Waals surface area (Å²) < 4.78 is 0. The summed E-state index contributed by atoms with van der Waals surface area (Å²) in [5.74, 6) is -0.925. The van der Waals surface area contributed by atoms with Crippen LogP contribution in [0.2, 0.25) is 0 Å². The molecule has 0 saturated carbocycles. The van der Waals surface area contributed by atoms with E-state index in [4.69, 9.17) is 0 Å². The molecule has 0 fully saturated rings. The summed E-state index contributed by atoms with van der Waals surface area (Å²) in [5.41, 5.74) is 0.555. The van der Waals surface area contributed by atoms with Gasteiger partial charge in [-0.1, -0.05) is 38.1 Å². The Morgan fingerprint density at radius 3 is 2.25 bits per heavy atom. The molecule has 0 aliphatic heterocycles. The second kappa shape index (κ2) is 5.74. The van der Waals surface area contributed by atoms with Crippen molar-refractivity contribution in [2.45, 2.75) is 13.8 Å². The Labute approximate surface area is 117 Å². The lowest BCUT2D eigenvalue weighted by Crippen LogP contribution is -2.27. The van der Waals surface area contributed by atoms with E-state index in [-0.39, 0.29) is 11.5 Å². The van der Waals surface area contributed by atoms with E-state index in [0.29, 0.717) is 23.4 Å². The van der Waals surface area contributed by atoms with Crippen LogP contribution in [0.1, 0.15) is 34.6 Å². The smallest absolute Gasteiger partial charge is 0.336 e. The van der Waals surface area contributed by atoms with E-state index in [1.54, 1.807) is 30.3 Å². The predicted molar refractivity (Wildman–Crippen MR) is 78.1 cm³/mol. The van der Waals surface area contributed by atoms with Crippen LogP contribution in [0.25, 0.3) is 10.8 Å². The summed E-state index contributed by atoms with van der Waals surface area (Å²) in [7, 11) is 0. The molecule has 2 aromatic carbocycles. The van der Waals surface area contributed by atoms with Gasteiger partial charge in [-0.05, 0) is 23.4 Å². The molecule has 1 amide bonds. The lowest BCUT2D eigenvalue weighted by atomic mass is 9.98. The number of hydrogen-bond donors (Lipinski definition) is 2. The molecular weight excluding hydrogens is 254 g/mol. The highest BCUT2D eigenvalue weighted by atomic mass is 16.4. The first-order chi connectivity index (χ1) is 9.50. The third-order valence-electron chi connectivity index (χ3n) is 3.05. The van der Waals surface area contributed by atoms with Crippen molar-refractivity contribution >= 4 is 22.6 Å². The van der Waals surface area contributed by atoms with E-state index in [2.05, 4.69) is 5.32 Å². The van der Waals surface area contributed by atoms with E-state index < -0.39 is 5.97 Å². The van der Waals surface area contributed by atoms with Crippen molar-refractivity contribution in [2.24, 2.45) is 5.92 Å². The van der Waals surface area contributed by atoms with E-state index in [1.165, 1.54) is 6.07 Å². The second-order valence-electron chi connectivity index (χ2n) is 5.12. The summed E-state index contributed by atoms with van der Waals surface area (Å²) in [6.07, 6.45) is 0. The van der Waals surface area contributed by atoms with Crippen LogP contribution in [0.5, 0.6) is 0 Å². The van der Waals surface area contributed by atoms with Crippen LogP contribution in [-0.2, 0) is 0 Å². The lowest BCUT2D eigenvalue weighted by Gasteiger charge is -2.11. The second-order valence-corrected chi connectivity index (χ2v) is 5.12. The third kappa shape index (κ3) is 2.79. The van der Waals surface area contributed by atoms with Gasteiger partial charge in [0.15, 0.2) is 0 Å². The van der Waals surface area contributed by atoms with Crippen LogP contribution < -0.4 is 5.32 Å². The number of carbonyl (C=O) groups excluding carboxylic acids is 1. The molecule has 20 heavy (non-hydrogen) atoms. The summed E-state index contributed by atoms with van der Waals surface area (Å²) >= 11 is 0. The minimum Gasteiger partial charge on any atom is -0.478 e. The van der Waals surface area contributed by atoms with Crippen LogP contribution in [0, 0.1) is 5.92 Å². The topological polar surface area (TPSA) is 66.4 Å². The quantitative estimate of drug-likeness (QED) is 0.898. The zero-order valence-corrected chi connectivity index (χ0v) is 11.5. The maximum atomic E-state index is 12.2. The van der Waals surface area contributed by atoms with E-state index >= 15 is 0 Å². The number of benzene rings is 2. The van der Waals surface area contributed by atoms with Gasteiger partial charge in [0, 0.05) is 17.5 Å². The Hall–Kier alpha value is -2.36. The highest BCUT2D eigenvalue weighted by Crippen LogP contribution is 2.23. The number of aromatic carboxylic acids is 1. The van der Waals surface area contributed by atoms with Gasteiger partial charge >= 0.3 is 5.97 Å². The van der Waals surface area contributed by atoms with Gasteiger partial charge in [-0.3, -0.25) is 4.79 Å². The van der Waals surface area contributed by atoms with Gasteiger partial charge in [0.1, 0.15) is 0 Å². The van der Waals surface area contributed by atoms with Gasteiger partial charge in [-0.2, -0.15) is 0 Å². The molecule has 2 rings (SSSR count). The molecule has 0 radical (unpaired) electrons. The van der Waals surface area contributed by atoms with Crippen molar-refractivity contribution < 1.29 is 14.7 Å². The van der Waals surface area contributed by atoms with Crippen molar-refractivity contribution in [1.82, 2.24) is 5.32 Å². The fourth-order valence-electron chi connectivity index (χ4n) is 2.10. The largest absolute Gasteiger partial charge is 0.478 e. The summed E-state index contributed by atoms with van der Waals surface area (Å²) in [6, 6.07) is 10.2. The predicted octanol–water partition coefficient (Wildman–Crippen LogP) is 2.92. The van der Waals surface area contributed by atoms with Crippen LogP contribution in [-0.4, -0.2) is 23.5 Å². The number of carbonyl (C=O) groups is 2. The fraction of sp³-hybridized carbons (Fsp3) is 0.250. The Balaban J connectivity index is 2.53. The van der Waals surface area contributed by atoms with Gasteiger partial charge < -0.3 is 10.4 Å². The van der Waals surface area contributed by atoms with Crippen molar-refractivity contribution in [1.29, 1.82) is 0 Å². The number of fused-ring (bicyclic) bond motifs is 1. The van der Waals surface area contributed by atoms with Gasteiger partial charge in [0.2, 0.25) is 0 Å². The van der Waals surface area contributed by atoms with Crippen molar-refractivity contribution in [3.63, 3.8) is 0 Å². The zero-order chi connectivity index (χ0) is 14.7. The molecule has 2 N–H and O–H groups in total. The minimum absolute atomic E-state index is 0.151. The molecule has 104 valence electrons. The maximum Gasteiger partial charge on any atom is 0.336 e. The normalized spacial score (nSPS) is 10.8. The molecule has 0 heterocycles. The average molecular weight is 271 g/mol. The SMILES string of the molecule is CC(C)CNC(=O)c1cccc2cccc(C(=O)O)c12. The molecule has 0 atom stereocenters. The van der Waals surface area contributed by atoms with Gasteiger partial charge in [0.25, 0.3) is 5.91 Å². The first-order valence-corrected chi connectivity index (χ1v) is 6.54. The van der Waals surface area contributed by atoms with Crippen LogP contribution >= 0.6 is 0 Å². The monoisotopic (exact) mass is 271 g/mol. The molecule has 0 aromatic heterocycles. The Morgan fingerprint density at radius 2 is 1.70 bits per heavy atom.